The van der Waals surface area contributed by atoms with Gasteiger partial charge in [-0.15, -0.1) is 11.8 Å². The first-order valence-corrected chi connectivity index (χ1v) is 7.74. The van der Waals surface area contributed by atoms with Crippen molar-refractivity contribution in [2.45, 2.75) is 38.1 Å². The highest BCUT2D eigenvalue weighted by atomic mass is 32.2. The van der Waals surface area contributed by atoms with Crippen LogP contribution in [-0.4, -0.2) is 23.6 Å². The maximum absolute atomic E-state index is 12.1. The molecule has 1 rings (SSSR count). The SMILES string of the molecule is CC(C)(C)C(N)CC(=O)Nc1ccccc1SCC(N)=O. The third-order valence-electron chi connectivity index (χ3n) is 3.05. The number of primary amides is 1. The van der Waals surface area contributed by atoms with Gasteiger partial charge >= 0.3 is 0 Å². The van der Waals surface area contributed by atoms with E-state index in [1.807, 2.05) is 39.0 Å². The normalized spacial score (nSPS) is 12.8. The van der Waals surface area contributed by atoms with Crippen LogP contribution in [0.2, 0.25) is 0 Å². The standard InChI is InChI=1S/C15H23N3O2S/c1-15(2,3)12(16)8-14(20)18-10-6-4-5-7-11(10)21-9-13(17)19/h4-7,12H,8-9,16H2,1-3H3,(H2,17,19)(H,18,20). The predicted molar refractivity (Wildman–Crippen MR) is 87.0 cm³/mol. The molecule has 116 valence electrons. The Morgan fingerprint density at radius 2 is 1.90 bits per heavy atom. The zero-order valence-corrected chi connectivity index (χ0v) is 13.5. The Kier molecular flexibility index (Phi) is 6.23. The minimum absolute atomic E-state index is 0.127. The van der Waals surface area contributed by atoms with Crippen LogP contribution in [0.15, 0.2) is 29.2 Å². The quantitative estimate of drug-likeness (QED) is 0.700. The summed E-state index contributed by atoms with van der Waals surface area (Å²) in [4.78, 5) is 23.7. The van der Waals surface area contributed by atoms with Crippen molar-refractivity contribution < 1.29 is 9.59 Å². The van der Waals surface area contributed by atoms with Crippen LogP contribution in [0.1, 0.15) is 27.2 Å². The van der Waals surface area contributed by atoms with Crippen LogP contribution in [0, 0.1) is 5.41 Å². The number of nitrogens with two attached hydrogens (primary N) is 2. The van der Waals surface area contributed by atoms with E-state index >= 15 is 0 Å². The van der Waals surface area contributed by atoms with Gasteiger partial charge in [0.1, 0.15) is 0 Å². The van der Waals surface area contributed by atoms with E-state index in [4.69, 9.17) is 11.5 Å². The number of anilines is 1. The molecule has 1 unspecified atom stereocenters. The third kappa shape index (κ3) is 6.18. The van der Waals surface area contributed by atoms with Gasteiger partial charge in [-0.3, -0.25) is 9.59 Å². The Morgan fingerprint density at radius 1 is 1.29 bits per heavy atom. The molecule has 6 heteroatoms. The Morgan fingerprint density at radius 3 is 2.48 bits per heavy atom. The molecule has 0 aliphatic carbocycles. The van der Waals surface area contributed by atoms with E-state index in [1.54, 1.807) is 6.07 Å². The Bertz CT molecular complexity index is 512. The van der Waals surface area contributed by atoms with Gasteiger partial charge in [0.15, 0.2) is 0 Å². The molecular weight excluding hydrogens is 286 g/mol. The predicted octanol–water partition coefficient (Wildman–Crippen LogP) is 1.97. The molecule has 0 spiro atoms. The number of amides is 2. The highest BCUT2D eigenvalue weighted by molar-refractivity contribution is 8.00. The Hall–Kier alpha value is -1.53. The molecule has 0 bridgehead atoms. The number of carbonyl (C=O) groups excluding carboxylic acids is 2. The molecule has 0 saturated heterocycles. The van der Waals surface area contributed by atoms with Crippen molar-refractivity contribution in [2.24, 2.45) is 16.9 Å². The minimum Gasteiger partial charge on any atom is -0.369 e. The number of rotatable bonds is 6. The number of thioether (sulfide) groups is 1. The number of hydrogen-bond acceptors (Lipinski definition) is 4. The summed E-state index contributed by atoms with van der Waals surface area (Å²) in [5.74, 6) is -0.352. The van der Waals surface area contributed by atoms with E-state index in [2.05, 4.69) is 5.32 Å². The first kappa shape index (κ1) is 17.5. The summed E-state index contributed by atoms with van der Waals surface area (Å²) in [6.45, 7) is 6.00. The molecule has 0 aromatic heterocycles. The van der Waals surface area contributed by atoms with Gasteiger partial charge in [-0.2, -0.15) is 0 Å². The van der Waals surface area contributed by atoms with Gasteiger partial charge in [0, 0.05) is 17.4 Å². The van der Waals surface area contributed by atoms with Gasteiger partial charge in [-0.05, 0) is 17.5 Å². The van der Waals surface area contributed by atoms with Crippen LogP contribution in [0.4, 0.5) is 5.69 Å². The number of benzene rings is 1. The van der Waals surface area contributed by atoms with Gasteiger partial charge in [0.05, 0.1) is 11.4 Å². The van der Waals surface area contributed by atoms with Crippen molar-refractivity contribution in [1.29, 1.82) is 0 Å². The van der Waals surface area contributed by atoms with Crippen molar-refractivity contribution in [2.75, 3.05) is 11.1 Å². The maximum Gasteiger partial charge on any atom is 0.227 e. The summed E-state index contributed by atoms with van der Waals surface area (Å²) >= 11 is 1.30. The number of hydrogen-bond donors (Lipinski definition) is 3. The Labute approximate surface area is 129 Å². The topological polar surface area (TPSA) is 98.2 Å². The smallest absolute Gasteiger partial charge is 0.227 e. The average Bonchev–Trinajstić information content (AvgIpc) is 2.36. The van der Waals surface area contributed by atoms with Gasteiger partial charge in [0.25, 0.3) is 0 Å². The average molecular weight is 309 g/mol. The molecule has 0 aliphatic heterocycles. The lowest BCUT2D eigenvalue weighted by Crippen LogP contribution is -2.38. The number of para-hydroxylation sites is 1. The van der Waals surface area contributed by atoms with Crippen molar-refractivity contribution in [3.63, 3.8) is 0 Å². The largest absolute Gasteiger partial charge is 0.369 e. The second-order valence-electron chi connectivity index (χ2n) is 5.98. The molecule has 0 fully saturated rings. The van der Waals surface area contributed by atoms with E-state index in [1.165, 1.54) is 11.8 Å². The monoisotopic (exact) mass is 309 g/mol. The molecule has 1 aromatic rings. The van der Waals surface area contributed by atoms with Crippen LogP contribution >= 0.6 is 11.8 Å². The van der Waals surface area contributed by atoms with Crippen LogP contribution in [0.25, 0.3) is 0 Å². The molecule has 0 aliphatic rings. The van der Waals surface area contributed by atoms with Gasteiger partial charge in [0.2, 0.25) is 11.8 Å². The fraction of sp³-hybridized carbons (Fsp3) is 0.467. The lowest BCUT2D eigenvalue weighted by Gasteiger charge is -2.26. The summed E-state index contributed by atoms with van der Waals surface area (Å²) in [5, 5.41) is 2.85. The van der Waals surface area contributed by atoms with E-state index in [-0.39, 0.29) is 29.5 Å². The molecule has 2 amide bonds. The van der Waals surface area contributed by atoms with E-state index < -0.39 is 5.91 Å². The van der Waals surface area contributed by atoms with Crippen molar-refractivity contribution in [3.8, 4) is 0 Å². The molecule has 0 heterocycles. The van der Waals surface area contributed by atoms with Crippen molar-refractivity contribution in [3.05, 3.63) is 24.3 Å². The van der Waals surface area contributed by atoms with E-state index in [0.29, 0.717) is 5.69 Å². The van der Waals surface area contributed by atoms with Crippen molar-refractivity contribution >= 4 is 29.3 Å². The maximum atomic E-state index is 12.1. The fourth-order valence-electron chi connectivity index (χ4n) is 1.55. The lowest BCUT2D eigenvalue weighted by atomic mass is 9.85. The molecule has 5 N–H and O–H groups in total. The van der Waals surface area contributed by atoms with Crippen LogP contribution in [-0.2, 0) is 9.59 Å². The van der Waals surface area contributed by atoms with Gasteiger partial charge < -0.3 is 16.8 Å². The van der Waals surface area contributed by atoms with Gasteiger partial charge in [-0.1, -0.05) is 32.9 Å². The minimum atomic E-state index is -0.393. The fourth-order valence-corrected chi connectivity index (χ4v) is 2.30. The first-order valence-electron chi connectivity index (χ1n) is 6.75. The first-order chi connectivity index (χ1) is 9.70. The van der Waals surface area contributed by atoms with Crippen LogP contribution < -0.4 is 16.8 Å². The van der Waals surface area contributed by atoms with Gasteiger partial charge in [-0.25, -0.2) is 0 Å². The molecule has 5 nitrogen and oxygen atoms in total. The Balaban J connectivity index is 2.70. The van der Waals surface area contributed by atoms with E-state index in [9.17, 15) is 9.59 Å². The highest BCUT2D eigenvalue weighted by Crippen LogP contribution is 2.27. The highest BCUT2D eigenvalue weighted by Gasteiger charge is 2.23. The zero-order chi connectivity index (χ0) is 16.0. The number of nitrogens with one attached hydrogen (secondary N) is 1. The lowest BCUT2D eigenvalue weighted by molar-refractivity contribution is -0.117. The molecule has 1 atom stereocenters. The summed E-state index contributed by atoms with van der Waals surface area (Å²) in [6.07, 6.45) is 0.248. The molecule has 21 heavy (non-hydrogen) atoms. The molecular formula is C15H23N3O2S. The second kappa shape index (κ2) is 7.47. The molecule has 0 radical (unpaired) electrons. The van der Waals surface area contributed by atoms with E-state index in [0.717, 1.165) is 4.90 Å². The zero-order valence-electron chi connectivity index (χ0n) is 12.7. The van der Waals surface area contributed by atoms with Crippen LogP contribution in [0.3, 0.4) is 0 Å². The van der Waals surface area contributed by atoms with Crippen molar-refractivity contribution in [1.82, 2.24) is 0 Å². The summed E-state index contributed by atoms with van der Waals surface area (Å²) in [7, 11) is 0. The number of carbonyl (C=O) groups is 2. The molecule has 0 saturated carbocycles. The summed E-state index contributed by atoms with van der Waals surface area (Å²) in [6, 6.07) is 7.09. The second-order valence-corrected chi connectivity index (χ2v) is 6.99. The third-order valence-corrected chi connectivity index (χ3v) is 4.14. The van der Waals surface area contributed by atoms with Crippen LogP contribution in [0.5, 0.6) is 0 Å². The summed E-state index contributed by atoms with van der Waals surface area (Å²) in [5.41, 5.74) is 11.7. The molecule has 1 aromatic carbocycles. The summed E-state index contributed by atoms with van der Waals surface area (Å²) < 4.78 is 0.